The second kappa shape index (κ2) is 12.6. The molecule has 0 radical (unpaired) electrons. The van der Waals surface area contributed by atoms with Gasteiger partial charge < -0.3 is 30.5 Å². The summed E-state index contributed by atoms with van der Waals surface area (Å²) in [4.78, 5) is 13.9. The van der Waals surface area contributed by atoms with Crippen molar-refractivity contribution in [3.63, 3.8) is 0 Å². The zero-order chi connectivity index (χ0) is 30.8. The lowest BCUT2D eigenvalue weighted by Gasteiger charge is -2.56. The number of hydrogen-bond acceptors (Lipinski definition) is 7. The van der Waals surface area contributed by atoms with Gasteiger partial charge in [0.05, 0.1) is 13.2 Å². The Kier molecular flexibility index (Phi) is 8.57. The van der Waals surface area contributed by atoms with Crippen molar-refractivity contribution in [3.8, 4) is 34.8 Å². The van der Waals surface area contributed by atoms with Crippen LogP contribution < -0.4 is 10.1 Å². The van der Waals surface area contributed by atoms with Gasteiger partial charge >= 0.3 is 0 Å². The molecule has 7 atom stereocenters. The van der Waals surface area contributed by atoms with Crippen molar-refractivity contribution in [2.45, 2.75) is 68.4 Å². The summed E-state index contributed by atoms with van der Waals surface area (Å²) in [6.07, 6.45) is 3.63. The first-order valence-corrected chi connectivity index (χ1v) is 15.7. The summed E-state index contributed by atoms with van der Waals surface area (Å²) >= 11 is 0. The van der Waals surface area contributed by atoms with Gasteiger partial charge in [-0.25, -0.2) is 0 Å². The molecule has 7 heteroatoms. The monoisotopic (exact) mass is 595 g/mol. The Hall–Kier alpha value is -3.99. The highest BCUT2D eigenvalue weighted by molar-refractivity contribution is 5.80. The van der Waals surface area contributed by atoms with E-state index in [-0.39, 0.29) is 65.6 Å². The average Bonchev–Trinajstić information content (AvgIpc) is 3.03. The molecule has 2 fully saturated rings. The third kappa shape index (κ3) is 5.65. The van der Waals surface area contributed by atoms with Gasteiger partial charge in [-0.05, 0) is 60.2 Å². The smallest absolute Gasteiger partial charge is 0.160 e. The van der Waals surface area contributed by atoms with Gasteiger partial charge in [0.2, 0.25) is 0 Å². The molecule has 1 heterocycles. The lowest BCUT2D eigenvalue weighted by atomic mass is 9.52. The maximum Gasteiger partial charge on any atom is 0.160 e. The van der Waals surface area contributed by atoms with Crippen molar-refractivity contribution in [3.05, 3.63) is 83.4 Å². The van der Waals surface area contributed by atoms with Crippen LogP contribution in [0.5, 0.6) is 23.0 Å². The molecule has 3 aromatic rings. The zero-order valence-electron chi connectivity index (χ0n) is 25.1. The largest absolute Gasteiger partial charge is 0.504 e. The fourth-order valence-corrected chi connectivity index (χ4v) is 8.22. The number of rotatable bonds is 5. The van der Waals surface area contributed by atoms with Crippen LogP contribution >= 0.6 is 0 Å². The minimum absolute atomic E-state index is 0.00512. The van der Waals surface area contributed by atoms with Crippen LogP contribution in [0.2, 0.25) is 0 Å². The first-order valence-electron chi connectivity index (χ1n) is 15.7. The predicted octanol–water partition coefficient (Wildman–Crippen LogP) is 5.20. The fourth-order valence-electron chi connectivity index (χ4n) is 8.22. The molecule has 0 bridgehead atoms. The number of phenols is 3. The number of Topliss-reactive ketones (excluding diaryl/α,β-unsaturated/α-hetero) is 1. The number of hydrogen-bond donors (Lipinski definition) is 5. The number of fused-ring (bicyclic) bond motifs is 3. The molecule has 0 unspecified atom stereocenters. The highest BCUT2D eigenvalue weighted by atomic mass is 16.5. The molecule has 0 aromatic heterocycles. The van der Waals surface area contributed by atoms with Crippen molar-refractivity contribution >= 4 is 5.78 Å². The van der Waals surface area contributed by atoms with Crippen LogP contribution in [0.15, 0.2) is 66.7 Å². The molecule has 230 valence electrons. The number of ether oxygens (including phenoxy) is 1. The average molecular weight is 596 g/mol. The Bertz CT molecular complexity index is 1560. The lowest BCUT2D eigenvalue weighted by Crippen LogP contribution is -2.65. The summed E-state index contributed by atoms with van der Waals surface area (Å²) in [6, 6.07) is 20.4. The van der Waals surface area contributed by atoms with Crippen LogP contribution in [0, 0.1) is 29.6 Å². The first-order chi connectivity index (χ1) is 21.3. The maximum absolute atomic E-state index is 13.9. The predicted molar refractivity (Wildman–Crippen MR) is 168 cm³/mol. The fraction of sp³-hybridized carbons (Fsp3) is 0.432. The standard InChI is InChI=1S/C37H41NO6/c1-44-34-18-25(12-14-31(34)41)29-20-28(39)21-33(43)36-26(11-10-24(29)17-23-7-3-2-4-8-23)22-38-35-9-5-6-16-37(35,36)27-13-15-30(40)32(42)19-27/h2-4,7-8,12-15,18-19,24,26,29,33,35-36,38,40-43H,5-6,9,16-17,20-22H2,1H3/t24-,26+,29+,33-,35-,36-,37-/m0/s1. The number of methoxy groups -OCH3 is 1. The number of aliphatic hydroxyl groups is 1. The summed E-state index contributed by atoms with van der Waals surface area (Å²) in [5.74, 6) is 6.17. The van der Waals surface area contributed by atoms with Gasteiger partial charge in [-0.15, -0.1) is 0 Å². The van der Waals surface area contributed by atoms with Gasteiger partial charge in [0.25, 0.3) is 0 Å². The molecule has 1 saturated carbocycles. The Morgan fingerprint density at radius 1 is 0.932 bits per heavy atom. The number of nitrogens with one attached hydrogen (secondary N) is 1. The van der Waals surface area contributed by atoms with Gasteiger partial charge in [-0.2, -0.15) is 0 Å². The molecule has 1 aliphatic heterocycles. The van der Waals surface area contributed by atoms with Gasteiger partial charge in [-0.1, -0.05) is 67.1 Å². The molecule has 6 rings (SSSR count). The maximum atomic E-state index is 13.9. The van der Waals surface area contributed by atoms with Gasteiger partial charge in [-0.3, -0.25) is 4.79 Å². The van der Waals surface area contributed by atoms with Crippen LogP contribution in [-0.2, 0) is 16.6 Å². The second-order valence-corrected chi connectivity index (χ2v) is 12.7. The van der Waals surface area contributed by atoms with E-state index in [0.29, 0.717) is 18.7 Å². The topological polar surface area (TPSA) is 119 Å². The molecule has 7 nitrogen and oxygen atoms in total. The molecule has 44 heavy (non-hydrogen) atoms. The van der Waals surface area contributed by atoms with Gasteiger partial charge in [0.15, 0.2) is 23.0 Å². The molecular weight excluding hydrogens is 554 g/mol. The molecule has 2 aliphatic carbocycles. The van der Waals surface area contributed by atoms with Crippen LogP contribution in [-0.4, -0.2) is 52.0 Å². The minimum Gasteiger partial charge on any atom is -0.504 e. The number of phenolic OH excluding ortho intramolecular Hbond substituents is 3. The summed E-state index contributed by atoms with van der Waals surface area (Å²) in [5.41, 5.74) is 2.28. The van der Waals surface area contributed by atoms with E-state index in [1.807, 2.05) is 30.3 Å². The summed E-state index contributed by atoms with van der Waals surface area (Å²) in [7, 11) is 1.51. The van der Waals surface area contributed by atoms with E-state index < -0.39 is 11.5 Å². The molecule has 1 saturated heterocycles. The number of ketones is 1. The lowest BCUT2D eigenvalue weighted by molar-refractivity contribution is -0.124. The van der Waals surface area contributed by atoms with E-state index >= 15 is 0 Å². The number of piperidine rings is 1. The molecular formula is C37H41NO6. The summed E-state index contributed by atoms with van der Waals surface area (Å²) in [6.45, 7) is 0.592. The minimum atomic E-state index is -0.930. The summed E-state index contributed by atoms with van der Waals surface area (Å²) in [5, 5.41) is 46.7. The number of benzene rings is 3. The third-order valence-electron chi connectivity index (χ3n) is 10.2. The van der Waals surface area contributed by atoms with E-state index in [1.165, 1.54) is 13.2 Å². The number of carbonyl (C=O) groups excluding carboxylic acids is 1. The Labute approximate surface area is 258 Å². The van der Waals surface area contributed by atoms with E-state index in [0.717, 1.165) is 42.4 Å². The van der Waals surface area contributed by atoms with E-state index in [2.05, 4.69) is 29.3 Å². The van der Waals surface area contributed by atoms with Gasteiger partial charge in [0.1, 0.15) is 5.78 Å². The first kappa shape index (κ1) is 30.1. The van der Waals surface area contributed by atoms with E-state index in [1.54, 1.807) is 18.2 Å². The Balaban J connectivity index is 1.47. The third-order valence-corrected chi connectivity index (χ3v) is 10.2. The number of aliphatic hydroxyl groups excluding tert-OH is 1. The van der Waals surface area contributed by atoms with Crippen LogP contribution in [0.1, 0.15) is 61.1 Å². The molecule has 0 amide bonds. The second-order valence-electron chi connectivity index (χ2n) is 12.7. The quantitative estimate of drug-likeness (QED) is 0.203. The molecule has 3 aliphatic rings. The number of carbonyl (C=O) groups is 1. The van der Waals surface area contributed by atoms with Crippen molar-refractivity contribution in [2.75, 3.05) is 13.7 Å². The highest BCUT2D eigenvalue weighted by Gasteiger charge is 2.56. The van der Waals surface area contributed by atoms with Crippen LogP contribution in [0.25, 0.3) is 0 Å². The summed E-state index contributed by atoms with van der Waals surface area (Å²) < 4.78 is 5.41. The van der Waals surface area contributed by atoms with Crippen LogP contribution in [0.3, 0.4) is 0 Å². The molecule has 5 N–H and O–H groups in total. The van der Waals surface area contributed by atoms with E-state index in [4.69, 9.17) is 4.74 Å². The molecule has 3 aromatic carbocycles. The normalized spacial score (nSPS) is 30.3. The zero-order valence-corrected chi connectivity index (χ0v) is 25.1. The van der Waals surface area contributed by atoms with E-state index in [9.17, 15) is 25.2 Å². The number of aromatic hydroxyl groups is 3. The van der Waals surface area contributed by atoms with Crippen molar-refractivity contribution in [2.24, 2.45) is 17.8 Å². The Morgan fingerprint density at radius 3 is 2.50 bits per heavy atom. The Morgan fingerprint density at radius 2 is 1.73 bits per heavy atom. The SMILES string of the molecule is COc1cc([C@@H]2CC(=O)C[C@H](O)[C@@H]3[C@H](C#C[C@H]2Cc2ccccc2)CN[C@H]2CCCC[C@@]32c2ccc(O)c(O)c2)ccc1O. The van der Waals surface area contributed by atoms with Crippen molar-refractivity contribution in [1.29, 1.82) is 0 Å². The molecule has 0 spiro atoms. The van der Waals surface area contributed by atoms with Crippen LogP contribution in [0.4, 0.5) is 0 Å². The highest BCUT2D eigenvalue weighted by Crippen LogP contribution is 2.53. The van der Waals surface area contributed by atoms with Gasteiger partial charge in [0, 0.05) is 54.5 Å². The van der Waals surface area contributed by atoms with Crippen molar-refractivity contribution < 1.29 is 30.0 Å². The van der Waals surface area contributed by atoms with Crippen molar-refractivity contribution in [1.82, 2.24) is 5.32 Å².